The van der Waals surface area contributed by atoms with E-state index < -0.39 is 0 Å². The number of hydrazine groups is 1. The van der Waals surface area contributed by atoms with Gasteiger partial charge in [-0.25, -0.2) is 0 Å². The van der Waals surface area contributed by atoms with Crippen LogP contribution >= 0.6 is 15.9 Å². The molecule has 2 rings (SSSR count). The topological polar surface area (TPSA) is 73.9 Å². The Balaban J connectivity index is 1.96. The van der Waals surface area contributed by atoms with Gasteiger partial charge in [0.25, 0.3) is 0 Å². The number of rotatable bonds is 7. The minimum atomic E-state index is 0.543. The van der Waals surface area contributed by atoms with E-state index in [4.69, 9.17) is 11.1 Å². The van der Waals surface area contributed by atoms with Crippen molar-refractivity contribution in [3.63, 3.8) is 0 Å². The van der Waals surface area contributed by atoms with Crippen LogP contribution in [-0.2, 0) is 13.0 Å². The number of benzene rings is 2. The molecule has 0 unspecified atom stereocenters. The Morgan fingerprint density at radius 1 is 1.00 bits per heavy atom. The molecule has 0 radical (unpaired) electrons. The van der Waals surface area contributed by atoms with Crippen LogP contribution in [0.3, 0.4) is 0 Å². The van der Waals surface area contributed by atoms with Crippen molar-refractivity contribution < 1.29 is 0 Å². The normalized spacial score (nSPS) is 11.7. The van der Waals surface area contributed by atoms with Crippen LogP contribution in [0.25, 0.3) is 0 Å². The van der Waals surface area contributed by atoms with Crippen molar-refractivity contribution in [1.29, 1.82) is 5.41 Å². The molecular formula is C19H23BrN4. The maximum absolute atomic E-state index is 8.32. The van der Waals surface area contributed by atoms with Crippen molar-refractivity contribution >= 4 is 27.3 Å². The smallest absolute Gasteiger partial charge is 0.0540 e. The fourth-order valence-corrected chi connectivity index (χ4v) is 2.41. The molecule has 5 N–H and O–H groups in total. The van der Waals surface area contributed by atoms with Gasteiger partial charge in [-0.2, -0.15) is 0 Å². The quantitative estimate of drug-likeness (QED) is 0.421. The molecule has 126 valence electrons. The molecule has 0 aliphatic carbocycles. The van der Waals surface area contributed by atoms with E-state index in [9.17, 15) is 0 Å². The Morgan fingerprint density at radius 3 is 2.17 bits per heavy atom. The third-order valence-electron chi connectivity index (χ3n) is 3.89. The molecule has 0 fully saturated rings. The van der Waals surface area contributed by atoms with E-state index in [1.54, 1.807) is 0 Å². The third kappa shape index (κ3) is 5.22. The van der Waals surface area contributed by atoms with E-state index in [1.807, 2.05) is 62.4 Å². The number of allylic oxidation sites excluding steroid dienone is 2. The maximum atomic E-state index is 8.32. The molecule has 2 aromatic rings. The van der Waals surface area contributed by atoms with E-state index in [0.29, 0.717) is 18.7 Å². The van der Waals surface area contributed by atoms with Crippen LogP contribution in [0.4, 0.5) is 5.69 Å². The highest BCUT2D eigenvalue weighted by molar-refractivity contribution is 9.10. The first-order valence-corrected chi connectivity index (χ1v) is 8.59. The Morgan fingerprint density at radius 2 is 1.58 bits per heavy atom. The summed E-state index contributed by atoms with van der Waals surface area (Å²) >= 11 is 3.42. The van der Waals surface area contributed by atoms with E-state index in [2.05, 4.69) is 26.8 Å². The fraction of sp³-hybridized carbons (Fsp3) is 0.211. The molecule has 0 bridgehead atoms. The molecule has 0 saturated carbocycles. The number of hydrogen-bond donors (Lipinski definition) is 4. The molecule has 2 aromatic carbocycles. The number of halogens is 1. The van der Waals surface area contributed by atoms with Crippen LogP contribution in [0.5, 0.6) is 0 Å². The largest absolute Gasteiger partial charge is 0.326 e. The molecule has 0 amide bonds. The maximum Gasteiger partial charge on any atom is 0.0540 e. The first-order chi connectivity index (χ1) is 11.5. The second kappa shape index (κ2) is 8.66. The first-order valence-electron chi connectivity index (χ1n) is 7.80. The molecule has 5 heteroatoms. The summed E-state index contributed by atoms with van der Waals surface area (Å²) in [5, 5.41) is 8.32. The average molecular weight is 387 g/mol. The Hall–Kier alpha value is -2.11. The van der Waals surface area contributed by atoms with Gasteiger partial charge in [-0.1, -0.05) is 40.2 Å². The van der Waals surface area contributed by atoms with Crippen LogP contribution in [0.15, 0.2) is 64.3 Å². The lowest BCUT2D eigenvalue weighted by Gasteiger charge is -2.14. The molecule has 0 heterocycles. The molecular weight excluding hydrogens is 364 g/mol. The molecule has 0 atom stereocenters. The molecule has 0 aromatic heterocycles. The lowest BCUT2D eigenvalue weighted by molar-refractivity contribution is 0.944. The molecule has 0 spiro atoms. The van der Waals surface area contributed by atoms with Gasteiger partial charge in [-0.3, -0.25) is 0 Å². The van der Waals surface area contributed by atoms with E-state index in [0.717, 1.165) is 32.6 Å². The van der Waals surface area contributed by atoms with Crippen LogP contribution in [-0.4, -0.2) is 5.71 Å². The van der Waals surface area contributed by atoms with Gasteiger partial charge >= 0.3 is 0 Å². The van der Waals surface area contributed by atoms with Gasteiger partial charge in [0.1, 0.15) is 0 Å². The Kier molecular flexibility index (Phi) is 6.58. The zero-order valence-corrected chi connectivity index (χ0v) is 15.6. The monoisotopic (exact) mass is 386 g/mol. The average Bonchev–Trinajstić information content (AvgIpc) is 2.61. The number of hydrogen-bond acceptors (Lipinski definition) is 4. The van der Waals surface area contributed by atoms with Crippen molar-refractivity contribution in [2.45, 2.75) is 26.8 Å². The van der Waals surface area contributed by atoms with Crippen molar-refractivity contribution in [2.24, 2.45) is 5.73 Å². The number of nitrogens with two attached hydrogens (primary N) is 1. The predicted octanol–water partition coefficient (Wildman–Crippen LogP) is 4.38. The summed E-state index contributed by atoms with van der Waals surface area (Å²) in [6.45, 7) is 4.47. The Bertz CT molecular complexity index is 718. The lowest BCUT2D eigenvalue weighted by atomic mass is 10.0. The molecule has 0 saturated heterocycles. The van der Waals surface area contributed by atoms with Gasteiger partial charge in [0.05, 0.1) is 5.69 Å². The highest BCUT2D eigenvalue weighted by Crippen LogP contribution is 2.14. The van der Waals surface area contributed by atoms with Crippen LogP contribution in [0.2, 0.25) is 0 Å². The van der Waals surface area contributed by atoms with Crippen molar-refractivity contribution in [2.75, 3.05) is 5.43 Å². The minimum absolute atomic E-state index is 0.543. The SMILES string of the molecule is CC(NNc1ccc(Br)cc1)=C(C)C(=N)Cc1ccc(CN)cc1. The molecule has 24 heavy (non-hydrogen) atoms. The summed E-state index contributed by atoms with van der Waals surface area (Å²) in [6.07, 6.45) is 0.605. The fourth-order valence-electron chi connectivity index (χ4n) is 2.15. The van der Waals surface area contributed by atoms with Gasteiger partial charge in [0.2, 0.25) is 0 Å². The number of anilines is 1. The minimum Gasteiger partial charge on any atom is -0.326 e. The van der Waals surface area contributed by atoms with Crippen LogP contribution in [0, 0.1) is 5.41 Å². The van der Waals surface area contributed by atoms with Crippen molar-refractivity contribution in [3.05, 3.63) is 75.4 Å². The first kappa shape index (κ1) is 18.2. The zero-order valence-electron chi connectivity index (χ0n) is 14.0. The van der Waals surface area contributed by atoms with Crippen LogP contribution < -0.4 is 16.6 Å². The predicted molar refractivity (Wildman–Crippen MR) is 105 cm³/mol. The van der Waals surface area contributed by atoms with Crippen LogP contribution in [0.1, 0.15) is 25.0 Å². The summed E-state index contributed by atoms with van der Waals surface area (Å²) in [5.41, 5.74) is 17.6. The van der Waals surface area contributed by atoms with Gasteiger partial charge in [0, 0.05) is 28.8 Å². The molecule has 0 aliphatic heterocycles. The van der Waals surface area contributed by atoms with E-state index in [-0.39, 0.29) is 0 Å². The summed E-state index contributed by atoms with van der Waals surface area (Å²) in [7, 11) is 0. The molecule has 0 aliphatic rings. The highest BCUT2D eigenvalue weighted by atomic mass is 79.9. The second-order valence-electron chi connectivity index (χ2n) is 5.68. The van der Waals surface area contributed by atoms with E-state index >= 15 is 0 Å². The van der Waals surface area contributed by atoms with Crippen molar-refractivity contribution in [3.8, 4) is 0 Å². The summed E-state index contributed by atoms with van der Waals surface area (Å²) in [5.74, 6) is 0. The van der Waals surface area contributed by atoms with E-state index in [1.165, 1.54) is 0 Å². The highest BCUT2D eigenvalue weighted by Gasteiger charge is 2.06. The summed E-state index contributed by atoms with van der Waals surface area (Å²) < 4.78 is 1.04. The number of nitrogens with one attached hydrogen (secondary N) is 3. The summed E-state index contributed by atoms with van der Waals surface area (Å²) in [4.78, 5) is 0. The molecule has 4 nitrogen and oxygen atoms in total. The Labute approximate surface area is 151 Å². The second-order valence-corrected chi connectivity index (χ2v) is 6.60. The van der Waals surface area contributed by atoms with Crippen molar-refractivity contribution in [1.82, 2.24) is 5.43 Å². The van der Waals surface area contributed by atoms with Gasteiger partial charge in [-0.05, 0) is 54.8 Å². The zero-order chi connectivity index (χ0) is 17.5. The standard InChI is InChI=1S/C19H23BrN4/c1-13(14(2)23-24-18-9-7-17(20)8-10-18)19(22)11-15-3-5-16(12-21)6-4-15/h3-10,22-24H,11-12,21H2,1-2H3. The van der Waals surface area contributed by atoms with Gasteiger partial charge in [-0.15, -0.1) is 0 Å². The lowest BCUT2D eigenvalue weighted by Crippen LogP contribution is -2.22. The third-order valence-corrected chi connectivity index (χ3v) is 4.42. The van der Waals surface area contributed by atoms with Gasteiger partial charge < -0.3 is 22.0 Å². The van der Waals surface area contributed by atoms with Gasteiger partial charge in [0.15, 0.2) is 0 Å². The summed E-state index contributed by atoms with van der Waals surface area (Å²) in [6, 6.07) is 16.0.